The third-order valence-corrected chi connectivity index (χ3v) is 2.55. The molecule has 0 aromatic heterocycles. The maximum absolute atomic E-state index is 11.4. The van der Waals surface area contributed by atoms with E-state index in [1.54, 1.807) is 0 Å². The van der Waals surface area contributed by atoms with Crippen LogP contribution in [0.3, 0.4) is 0 Å². The quantitative estimate of drug-likeness (QED) is 0.607. The van der Waals surface area contributed by atoms with E-state index in [0.29, 0.717) is 0 Å². The molecule has 1 aliphatic heterocycles. The van der Waals surface area contributed by atoms with Crippen molar-refractivity contribution in [2.24, 2.45) is 0 Å². The molecule has 0 radical (unpaired) electrons. The molecule has 7 heteroatoms. The minimum absolute atomic E-state index is 0.269. The topological polar surface area (TPSA) is 94.1 Å². The lowest BCUT2D eigenvalue weighted by molar-refractivity contribution is -0.228. The van der Waals surface area contributed by atoms with Crippen molar-refractivity contribution in [3.05, 3.63) is 0 Å². The van der Waals surface area contributed by atoms with Crippen LogP contribution >= 0.6 is 0 Å². The van der Waals surface area contributed by atoms with Crippen molar-refractivity contribution in [1.29, 1.82) is 0 Å². The fourth-order valence-corrected chi connectivity index (χ4v) is 1.73. The number of hydrogen-bond acceptors (Lipinski definition) is 6. The highest BCUT2D eigenvalue weighted by Crippen LogP contribution is 2.21. The Hall–Kier alpha value is -1.18. The van der Waals surface area contributed by atoms with E-state index in [2.05, 4.69) is 10.1 Å². The molecule has 4 atom stereocenters. The molecule has 0 spiro atoms. The predicted octanol–water partition coefficient (Wildman–Crippen LogP) is -1.21. The van der Waals surface area contributed by atoms with E-state index in [1.807, 2.05) is 0 Å². The van der Waals surface area contributed by atoms with Crippen LogP contribution in [-0.2, 0) is 23.8 Å². The zero-order chi connectivity index (χ0) is 13.0. The van der Waals surface area contributed by atoms with Gasteiger partial charge < -0.3 is 24.6 Å². The summed E-state index contributed by atoms with van der Waals surface area (Å²) < 4.78 is 14.7. The van der Waals surface area contributed by atoms with Crippen molar-refractivity contribution < 1.29 is 28.9 Å². The average Bonchev–Trinajstić information content (AvgIpc) is 2.30. The Balaban J connectivity index is 2.77. The monoisotopic (exact) mass is 247 g/mol. The van der Waals surface area contributed by atoms with Crippen molar-refractivity contribution >= 4 is 11.9 Å². The van der Waals surface area contributed by atoms with Crippen molar-refractivity contribution in [3.8, 4) is 0 Å². The van der Waals surface area contributed by atoms with Crippen LogP contribution in [0.4, 0.5) is 0 Å². The van der Waals surface area contributed by atoms with E-state index in [0.717, 1.165) is 0 Å². The first-order valence-electron chi connectivity index (χ1n) is 5.20. The number of ether oxygens (including phenoxy) is 3. The Morgan fingerprint density at radius 2 is 2.06 bits per heavy atom. The molecule has 4 unspecified atom stereocenters. The predicted molar refractivity (Wildman–Crippen MR) is 55.9 cm³/mol. The third kappa shape index (κ3) is 3.39. The highest BCUT2D eigenvalue weighted by molar-refractivity contribution is 5.76. The van der Waals surface area contributed by atoms with Gasteiger partial charge in [-0.25, -0.2) is 4.79 Å². The molecular weight excluding hydrogens is 230 g/mol. The Labute approximate surface area is 99.0 Å². The smallest absolute Gasteiger partial charge is 0.337 e. The second kappa shape index (κ2) is 5.95. The normalized spacial score (nSPS) is 32.9. The maximum Gasteiger partial charge on any atom is 0.337 e. The second-order valence-electron chi connectivity index (χ2n) is 3.78. The zero-order valence-corrected chi connectivity index (χ0v) is 10.0. The van der Waals surface area contributed by atoms with Gasteiger partial charge in [-0.3, -0.25) is 4.79 Å². The van der Waals surface area contributed by atoms with Gasteiger partial charge in [-0.05, 0) is 0 Å². The summed E-state index contributed by atoms with van der Waals surface area (Å²) in [5, 5.41) is 12.4. The van der Waals surface area contributed by atoms with Crippen LogP contribution in [0.1, 0.15) is 13.3 Å². The van der Waals surface area contributed by atoms with Crippen LogP contribution in [0.5, 0.6) is 0 Å². The first-order valence-corrected chi connectivity index (χ1v) is 5.20. The van der Waals surface area contributed by atoms with E-state index in [-0.39, 0.29) is 12.3 Å². The summed E-state index contributed by atoms with van der Waals surface area (Å²) >= 11 is 0. The van der Waals surface area contributed by atoms with E-state index in [4.69, 9.17) is 9.47 Å². The molecule has 0 saturated carbocycles. The molecule has 7 nitrogen and oxygen atoms in total. The van der Waals surface area contributed by atoms with Crippen molar-refractivity contribution in [2.75, 3.05) is 14.2 Å². The minimum atomic E-state index is -1.16. The maximum atomic E-state index is 11.4. The third-order valence-electron chi connectivity index (χ3n) is 2.55. The Kier molecular flexibility index (Phi) is 4.86. The second-order valence-corrected chi connectivity index (χ2v) is 3.78. The number of carbonyl (C=O) groups excluding carboxylic acids is 2. The number of rotatable bonds is 3. The van der Waals surface area contributed by atoms with Crippen LogP contribution in [0.2, 0.25) is 0 Å². The number of carbonyl (C=O) groups is 2. The highest BCUT2D eigenvalue weighted by Gasteiger charge is 2.42. The lowest BCUT2D eigenvalue weighted by Gasteiger charge is -2.37. The van der Waals surface area contributed by atoms with Crippen LogP contribution < -0.4 is 5.32 Å². The number of esters is 1. The number of hydrogen-bond donors (Lipinski definition) is 2. The summed E-state index contributed by atoms with van der Waals surface area (Å²) in [6, 6.07) is -0.602. The van der Waals surface area contributed by atoms with Crippen LogP contribution in [0, 0.1) is 0 Å². The van der Waals surface area contributed by atoms with Crippen molar-refractivity contribution in [1.82, 2.24) is 5.32 Å². The summed E-state index contributed by atoms with van der Waals surface area (Å²) in [6.45, 7) is 1.33. The van der Waals surface area contributed by atoms with Gasteiger partial charge >= 0.3 is 5.97 Å². The largest absolute Gasteiger partial charge is 0.467 e. The first kappa shape index (κ1) is 13.9. The van der Waals surface area contributed by atoms with E-state index in [9.17, 15) is 14.7 Å². The summed E-state index contributed by atoms with van der Waals surface area (Å²) in [5.74, 6) is -0.996. The Bertz CT molecular complexity index is 295. The number of amides is 1. The van der Waals surface area contributed by atoms with Gasteiger partial charge in [0, 0.05) is 20.5 Å². The van der Waals surface area contributed by atoms with Crippen LogP contribution in [0.25, 0.3) is 0 Å². The Morgan fingerprint density at radius 1 is 1.41 bits per heavy atom. The summed E-state index contributed by atoms with van der Waals surface area (Å²) in [4.78, 5) is 22.4. The molecule has 1 heterocycles. The first-order chi connectivity index (χ1) is 7.99. The summed E-state index contributed by atoms with van der Waals surface area (Å²) in [6.07, 6.45) is -2.71. The Morgan fingerprint density at radius 3 is 2.53 bits per heavy atom. The van der Waals surface area contributed by atoms with Gasteiger partial charge in [-0.1, -0.05) is 0 Å². The molecule has 0 aliphatic carbocycles. The molecule has 0 aromatic carbocycles. The van der Waals surface area contributed by atoms with E-state index in [1.165, 1.54) is 21.1 Å². The molecule has 1 amide bonds. The van der Waals surface area contributed by atoms with Gasteiger partial charge in [0.1, 0.15) is 6.10 Å². The van der Waals surface area contributed by atoms with E-state index < -0.39 is 30.5 Å². The van der Waals surface area contributed by atoms with Gasteiger partial charge in [0.25, 0.3) is 0 Å². The molecule has 1 aliphatic rings. The number of methoxy groups -OCH3 is 2. The van der Waals surface area contributed by atoms with Gasteiger partial charge in [0.2, 0.25) is 5.91 Å². The molecule has 0 bridgehead atoms. The SMILES string of the molecule is COC(=O)C1OC(OC)CC(NC(C)=O)C1O. The van der Waals surface area contributed by atoms with Gasteiger partial charge in [0.05, 0.1) is 13.2 Å². The lowest BCUT2D eigenvalue weighted by Crippen LogP contribution is -2.58. The van der Waals surface area contributed by atoms with Crippen LogP contribution in [0.15, 0.2) is 0 Å². The number of nitrogens with one attached hydrogen (secondary N) is 1. The average molecular weight is 247 g/mol. The minimum Gasteiger partial charge on any atom is -0.467 e. The van der Waals surface area contributed by atoms with Crippen LogP contribution in [-0.4, -0.2) is 55.7 Å². The lowest BCUT2D eigenvalue weighted by atomic mass is 9.98. The molecule has 1 fully saturated rings. The van der Waals surface area contributed by atoms with Gasteiger partial charge in [-0.15, -0.1) is 0 Å². The molecular formula is C10H17NO6. The standard InChI is InChI=1S/C10H17NO6/c1-5(12)11-6-4-7(15-2)17-9(8(6)13)10(14)16-3/h6-9,13H,4H2,1-3H3,(H,11,12). The fourth-order valence-electron chi connectivity index (χ4n) is 1.73. The number of aliphatic hydroxyl groups is 1. The van der Waals surface area contributed by atoms with Crippen molar-refractivity contribution in [3.63, 3.8) is 0 Å². The molecule has 98 valence electrons. The molecule has 1 rings (SSSR count). The molecule has 0 aromatic rings. The van der Waals surface area contributed by atoms with Gasteiger partial charge in [-0.2, -0.15) is 0 Å². The number of aliphatic hydroxyl groups excluding tert-OH is 1. The summed E-state index contributed by atoms with van der Waals surface area (Å²) in [7, 11) is 2.61. The summed E-state index contributed by atoms with van der Waals surface area (Å²) in [5.41, 5.74) is 0. The zero-order valence-electron chi connectivity index (χ0n) is 10.0. The molecule has 17 heavy (non-hydrogen) atoms. The van der Waals surface area contributed by atoms with E-state index >= 15 is 0 Å². The van der Waals surface area contributed by atoms with Crippen molar-refractivity contribution in [2.45, 2.75) is 37.9 Å². The van der Waals surface area contributed by atoms with Gasteiger partial charge in [0.15, 0.2) is 12.4 Å². The molecule has 2 N–H and O–H groups in total. The fraction of sp³-hybridized carbons (Fsp3) is 0.800. The highest BCUT2D eigenvalue weighted by atomic mass is 16.7. The molecule has 1 saturated heterocycles.